The summed E-state index contributed by atoms with van der Waals surface area (Å²) in [5, 5.41) is 15.3. The van der Waals surface area contributed by atoms with E-state index in [0.29, 0.717) is 5.16 Å². The lowest BCUT2D eigenvalue weighted by Gasteiger charge is -2.09. The van der Waals surface area contributed by atoms with Gasteiger partial charge in [0.05, 0.1) is 11.4 Å². The van der Waals surface area contributed by atoms with E-state index in [4.69, 9.17) is 0 Å². The Balaban J connectivity index is 1.68. The smallest absolute Gasteiger partial charge is 0.234 e. The molecule has 6 nitrogen and oxygen atoms in total. The van der Waals surface area contributed by atoms with Gasteiger partial charge in [0, 0.05) is 10.2 Å². The monoisotopic (exact) mass is 417 g/mol. The van der Waals surface area contributed by atoms with E-state index in [2.05, 4.69) is 36.8 Å². The topological polar surface area (TPSA) is 72.7 Å². The first-order chi connectivity index (χ1) is 12.0. The van der Waals surface area contributed by atoms with E-state index in [1.54, 1.807) is 4.68 Å². The number of hydrogen-bond acceptors (Lipinski definition) is 5. The first-order valence-corrected chi connectivity index (χ1v) is 9.35. The average molecular weight is 418 g/mol. The molecule has 0 radical (unpaired) electrons. The lowest BCUT2D eigenvalue weighted by atomic mass is 10.1. The molecule has 0 aliphatic heterocycles. The lowest BCUT2D eigenvalue weighted by Crippen LogP contribution is -2.14. The van der Waals surface area contributed by atoms with Gasteiger partial charge in [-0.15, -0.1) is 5.10 Å². The zero-order chi connectivity index (χ0) is 17.8. The van der Waals surface area contributed by atoms with Crippen molar-refractivity contribution < 1.29 is 4.79 Å². The number of rotatable bonds is 5. The summed E-state index contributed by atoms with van der Waals surface area (Å²) in [6.07, 6.45) is 0. The van der Waals surface area contributed by atoms with Crippen LogP contribution in [0, 0.1) is 13.8 Å². The number of aryl methyl sites for hydroxylation is 2. The van der Waals surface area contributed by atoms with Crippen molar-refractivity contribution in [2.45, 2.75) is 19.0 Å². The van der Waals surface area contributed by atoms with E-state index in [1.165, 1.54) is 11.8 Å². The highest BCUT2D eigenvalue weighted by Gasteiger charge is 2.13. The number of carbonyl (C=O) groups excluding carboxylic acids is 1. The number of nitrogens with one attached hydrogen (secondary N) is 1. The van der Waals surface area contributed by atoms with Crippen molar-refractivity contribution in [3.8, 4) is 5.69 Å². The molecule has 3 rings (SSSR count). The second kappa shape index (κ2) is 7.79. The average Bonchev–Trinajstić information content (AvgIpc) is 3.05. The molecule has 128 valence electrons. The van der Waals surface area contributed by atoms with E-state index in [9.17, 15) is 4.79 Å². The Morgan fingerprint density at radius 1 is 1.20 bits per heavy atom. The molecule has 1 amide bonds. The van der Waals surface area contributed by atoms with Crippen molar-refractivity contribution in [1.29, 1.82) is 0 Å². The maximum atomic E-state index is 12.1. The van der Waals surface area contributed by atoms with Crippen LogP contribution in [0.4, 0.5) is 5.69 Å². The van der Waals surface area contributed by atoms with Crippen LogP contribution in [0.5, 0.6) is 0 Å². The van der Waals surface area contributed by atoms with Crippen molar-refractivity contribution >= 4 is 39.3 Å². The zero-order valence-corrected chi connectivity index (χ0v) is 16.1. The maximum absolute atomic E-state index is 12.1. The Hall–Kier alpha value is -2.19. The quantitative estimate of drug-likeness (QED) is 0.639. The molecule has 25 heavy (non-hydrogen) atoms. The molecule has 1 N–H and O–H groups in total. The summed E-state index contributed by atoms with van der Waals surface area (Å²) in [6, 6.07) is 13.5. The Bertz CT molecular complexity index is 894. The molecule has 0 bridgehead atoms. The first kappa shape index (κ1) is 17.6. The van der Waals surface area contributed by atoms with Gasteiger partial charge < -0.3 is 5.32 Å². The molecule has 0 saturated carbocycles. The number of hydrogen-bond donors (Lipinski definition) is 1. The van der Waals surface area contributed by atoms with E-state index in [-0.39, 0.29) is 11.7 Å². The number of halogens is 1. The second-order valence-electron chi connectivity index (χ2n) is 5.51. The minimum Gasteiger partial charge on any atom is -0.325 e. The van der Waals surface area contributed by atoms with E-state index in [0.717, 1.165) is 27.0 Å². The third kappa shape index (κ3) is 4.46. The molecule has 8 heteroatoms. The van der Waals surface area contributed by atoms with Gasteiger partial charge in [0.25, 0.3) is 0 Å². The van der Waals surface area contributed by atoms with Crippen LogP contribution in [0.25, 0.3) is 5.69 Å². The largest absolute Gasteiger partial charge is 0.325 e. The molecular weight excluding hydrogens is 402 g/mol. The van der Waals surface area contributed by atoms with Crippen molar-refractivity contribution in [3.05, 3.63) is 58.1 Å². The molecule has 0 spiro atoms. The van der Waals surface area contributed by atoms with Crippen LogP contribution in [0.3, 0.4) is 0 Å². The Morgan fingerprint density at radius 2 is 1.96 bits per heavy atom. The molecule has 0 aliphatic rings. The molecule has 0 aliphatic carbocycles. The summed E-state index contributed by atoms with van der Waals surface area (Å²) in [6.45, 7) is 4.02. The van der Waals surface area contributed by atoms with E-state index < -0.39 is 0 Å². The number of aromatic nitrogens is 4. The van der Waals surface area contributed by atoms with Gasteiger partial charge in [-0.05, 0) is 65.7 Å². The highest BCUT2D eigenvalue weighted by atomic mass is 79.9. The van der Waals surface area contributed by atoms with Gasteiger partial charge in [0.15, 0.2) is 0 Å². The summed E-state index contributed by atoms with van der Waals surface area (Å²) in [7, 11) is 0. The minimum atomic E-state index is -0.108. The SMILES string of the molecule is Cc1ccc(C)c(-n2nnnc2SCC(=O)Nc2ccc(Br)cc2)c1. The molecule has 1 heterocycles. The standard InChI is InChI=1S/C17H16BrN5OS/c1-11-3-4-12(2)15(9-11)23-17(20-21-22-23)25-10-16(24)19-14-7-5-13(18)6-8-14/h3-9H,10H2,1-2H3,(H,19,24). The van der Waals surface area contributed by atoms with Crippen LogP contribution in [-0.2, 0) is 4.79 Å². The number of anilines is 1. The van der Waals surface area contributed by atoms with Gasteiger partial charge in [-0.2, -0.15) is 4.68 Å². The first-order valence-electron chi connectivity index (χ1n) is 7.57. The minimum absolute atomic E-state index is 0.108. The molecule has 3 aromatic rings. The van der Waals surface area contributed by atoms with Crippen LogP contribution in [0.2, 0.25) is 0 Å². The Morgan fingerprint density at radius 3 is 2.72 bits per heavy atom. The number of thioether (sulfide) groups is 1. The van der Waals surface area contributed by atoms with Crippen LogP contribution in [-0.4, -0.2) is 31.9 Å². The van der Waals surface area contributed by atoms with Crippen LogP contribution in [0.15, 0.2) is 52.1 Å². The van der Waals surface area contributed by atoms with Gasteiger partial charge in [-0.3, -0.25) is 4.79 Å². The number of benzene rings is 2. The van der Waals surface area contributed by atoms with Crippen LogP contribution < -0.4 is 5.32 Å². The van der Waals surface area contributed by atoms with Gasteiger partial charge >= 0.3 is 0 Å². The number of amides is 1. The number of tetrazole rings is 1. The van der Waals surface area contributed by atoms with E-state index >= 15 is 0 Å². The summed E-state index contributed by atoms with van der Waals surface area (Å²) >= 11 is 4.67. The molecule has 0 atom stereocenters. The summed E-state index contributed by atoms with van der Waals surface area (Å²) in [5.41, 5.74) is 3.86. The third-order valence-electron chi connectivity index (χ3n) is 3.49. The Labute approximate surface area is 158 Å². The predicted octanol–water partition coefficient (Wildman–Crippen LogP) is 3.77. The van der Waals surface area contributed by atoms with Gasteiger partial charge in [-0.25, -0.2) is 0 Å². The van der Waals surface area contributed by atoms with Crippen LogP contribution >= 0.6 is 27.7 Å². The molecule has 0 saturated heterocycles. The van der Waals surface area contributed by atoms with Crippen molar-refractivity contribution in [1.82, 2.24) is 20.2 Å². The molecule has 0 fully saturated rings. The Kier molecular flexibility index (Phi) is 5.50. The highest BCUT2D eigenvalue weighted by Crippen LogP contribution is 2.22. The highest BCUT2D eigenvalue weighted by molar-refractivity contribution is 9.10. The van der Waals surface area contributed by atoms with Crippen LogP contribution in [0.1, 0.15) is 11.1 Å². The molecular formula is C17H16BrN5OS. The van der Waals surface area contributed by atoms with Gasteiger partial charge in [-0.1, -0.05) is 39.8 Å². The number of nitrogens with zero attached hydrogens (tertiary/aromatic N) is 4. The van der Waals surface area contributed by atoms with E-state index in [1.807, 2.05) is 56.3 Å². The molecule has 0 unspecified atom stereocenters. The van der Waals surface area contributed by atoms with Crippen molar-refractivity contribution in [3.63, 3.8) is 0 Å². The maximum Gasteiger partial charge on any atom is 0.234 e. The lowest BCUT2D eigenvalue weighted by molar-refractivity contribution is -0.113. The second-order valence-corrected chi connectivity index (χ2v) is 7.37. The predicted molar refractivity (Wildman–Crippen MR) is 102 cm³/mol. The zero-order valence-electron chi connectivity index (χ0n) is 13.7. The fourth-order valence-electron chi connectivity index (χ4n) is 2.23. The fraction of sp³-hybridized carbons (Fsp3) is 0.176. The summed E-state index contributed by atoms with van der Waals surface area (Å²) in [4.78, 5) is 12.1. The fourth-order valence-corrected chi connectivity index (χ4v) is 3.18. The van der Waals surface area contributed by atoms with Crippen molar-refractivity contribution in [2.75, 3.05) is 11.1 Å². The number of carbonyl (C=O) groups is 1. The van der Waals surface area contributed by atoms with Gasteiger partial charge in [0.2, 0.25) is 11.1 Å². The molecule has 2 aromatic carbocycles. The van der Waals surface area contributed by atoms with Gasteiger partial charge in [0.1, 0.15) is 0 Å². The summed E-state index contributed by atoms with van der Waals surface area (Å²) < 4.78 is 2.63. The normalized spacial score (nSPS) is 10.7. The van der Waals surface area contributed by atoms with Crippen molar-refractivity contribution in [2.24, 2.45) is 0 Å². The third-order valence-corrected chi connectivity index (χ3v) is 4.94. The summed E-state index contributed by atoms with van der Waals surface area (Å²) in [5.74, 6) is 0.115. The molecule has 1 aromatic heterocycles.